The van der Waals surface area contributed by atoms with Crippen molar-refractivity contribution >= 4 is 18.1 Å². The molecule has 1 N–H and O–H groups in total. The molecule has 0 aromatic heterocycles. The van der Waals surface area contributed by atoms with Crippen LogP contribution in [0.4, 0.5) is 9.59 Å². The van der Waals surface area contributed by atoms with Crippen LogP contribution in [0, 0.1) is 11.8 Å². The van der Waals surface area contributed by atoms with Crippen molar-refractivity contribution in [2.24, 2.45) is 0 Å². The molecular formula is C33H41N3O7. The molecule has 0 bridgehead atoms. The first kappa shape index (κ1) is 31.7. The quantitative estimate of drug-likeness (QED) is 0.299. The van der Waals surface area contributed by atoms with Gasteiger partial charge in [-0.15, -0.1) is 0 Å². The van der Waals surface area contributed by atoms with E-state index in [4.69, 9.17) is 18.9 Å². The number of carbonyl (C=O) groups is 3. The Morgan fingerprint density at radius 2 is 1.93 bits per heavy atom. The van der Waals surface area contributed by atoms with Crippen LogP contribution in [-0.2, 0) is 25.6 Å². The van der Waals surface area contributed by atoms with E-state index in [1.165, 1.54) is 0 Å². The molecule has 1 aliphatic carbocycles. The summed E-state index contributed by atoms with van der Waals surface area (Å²) in [6.45, 7) is 5.51. The van der Waals surface area contributed by atoms with Gasteiger partial charge < -0.3 is 34.1 Å². The third-order valence-electron chi connectivity index (χ3n) is 7.40. The Hall–Kier alpha value is -4.23. The standard InChI is InChI=1S/C33H41N3O7/c1-4-5-19-42-33(39)35-18-20-41-30(22-35)31(37)36(28-14-15-28)24(2)26-13-16-29(40-3)27(21-26)12-9-17-34-32(38)43-23-25-10-7-6-8-11-25/h6-8,10-11,13,16,21,24,28,30H,4-5,14-15,17-20,22-23H2,1-3H3,(H,34,38)/t24?,30-/m1/s1. The van der Waals surface area contributed by atoms with Gasteiger partial charge in [0, 0.05) is 12.6 Å². The number of hydrogen-bond donors (Lipinski definition) is 1. The predicted molar refractivity (Wildman–Crippen MR) is 160 cm³/mol. The minimum Gasteiger partial charge on any atom is -0.495 e. The summed E-state index contributed by atoms with van der Waals surface area (Å²) in [6, 6.07) is 15.0. The number of unbranched alkanes of at least 4 members (excludes halogenated alkanes) is 1. The van der Waals surface area contributed by atoms with Gasteiger partial charge in [0.25, 0.3) is 5.91 Å². The number of carbonyl (C=O) groups excluding carboxylic acids is 3. The van der Waals surface area contributed by atoms with Crippen molar-refractivity contribution in [2.45, 2.75) is 64.3 Å². The van der Waals surface area contributed by atoms with Crippen molar-refractivity contribution in [1.29, 1.82) is 0 Å². The maximum Gasteiger partial charge on any atom is 0.409 e. The van der Waals surface area contributed by atoms with Gasteiger partial charge in [-0.2, -0.15) is 0 Å². The fraction of sp³-hybridized carbons (Fsp3) is 0.485. The Labute approximate surface area is 253 Å². The second kappa shape index (κ2) is 15.8. The molecule has 0 radical (unpaired) electrons. The molecule has 4 rings (SSSR count). The van der Waals surface area contributed by atoms with Gasteiger partial charge in [0.05, 0.1) is 45.0 Å². The zero-order chi connectivity index (χ0) is 30.6. The fourth-order valence-corrected chi connectivity index (χ4v) is 4.84. The highest BCUT2D eigenvalue weighted by Gasteiger charge is 2.41. The smallest absolute Gasteiger partial charge is 0.409 e. The number of methoxy groups -OCH3 is 1. The van der Waals surface area contributed by atoms with E-state index in [0.717, 1.165) is 36.8 Å². The van der Waals surface area contributed by atoms with Crippen molar-refractivity contribution in [3.63, 3.8) is 0 Å². The van der Waals surface area contributed by atoms with Crippen molar-refractivity contribution in [3.8, 4) is 17.6 Å². The summed E-state index contributed by atoms with van der Waals surface area (Å²) >= 11 is 0. The van der Waals surface area contributed by atoms with E-state index >= 15 is 0 Å². The van der Waals surface area contributed by atoms with Gasteiger partial charge in [-0.1, -0.05) is 61.6 Å². The van der Waals surface area contributed by atoms with Gasteiger partial charge >= 0.3 is 12.2 Å². The Morgan fingerprint density at radius 1 is 1.14 bits per heavy atom. The van der Waals surface area contributed by atoms with Crippen LogP contribution < -0.4 is 10.1 Å². The van der Waals surface area contributed by atoms with E-state index in [1.54, 1.807) is 12.0 Å². The number of ether oxygens (including phenoxy) is 4. The van der Waals surface area contributed by atoms with Crippen LogP contribution in [0.3, 0.4) is 0 Å². The van der Waals surface area contributed by atoms with E-state index < -0.39 is 18.3 Å². The molecule has 2 aliphatic rings. The van der Waals surface area contributed by atoms with Gasteiger partial charge in [0.1, 0.15) is 12.4 Å². The molecule has 3 amide bonds. The minimum absolute atomic E-state index is 0.0969. The number of nitrogens with zero attached hydrogens (tertiary/aromatic N) is 2. The van der Waals surface area contributed by atoms with Crippen LogP contribution >= 0.6 is 0 Å². The summed E-state index contributed by atoms with van der Waals surface area (Å²) < 4.78 is 21.9. The molecule has 43 heavy (non-hydrogen) atoms. The van der Waals surface area contributed by atoms with Crippen molar-refractivity contribution < 1.29 is 33.3 Å². The molecule has 0 spiro atoms. The number of rotatable bonds is 11. The molecule has 230 valence electrons. The molecule has 1 unspecified atom stereocenters. The molecule has 10 heteroatoms. The average molecular weight is 592 g/mol. The number of morpholine rings is 1. The Morgan fingerprint density at radius 3 is 2.65 bits per heavy atom. The highest BCUT2D eigenvalue weighted by Crippen LogP contribution is 2.36. The summed E-state index contributed by atoms with van der Waals surface area (Å²) in [5.41, 5.74) is 2.44. The van der Waals surface area contributed by atoms with E-state index in [0.29, 0.717) is 24.5 Å². The monoisotopic (exact) mass is 591 g/mol. The van der Waals surface area contributed by atoms with E-state index in [1.807, 2.05) is 67.3 Å². The predicted octanol–water partition coefficient (Wildman–Crippen LogP) is 4.66. The van der Waals surface area contributed by atoms with Crippen LogP contribution in [-0.4, -0.2) is 80.0 Å². The van der Waals surface area contributed by atoms with E-state index in [9.17, 15) is 14.4 Å². The highest BCUT2D eigenvalue weighted by atomic mass is 16.6. The Balaban J connectivity index is 1.38. The lowest BCUT2D eigenvalue weighted by atomic mass is 10.0. The summed E-state index contributed by atoms with van der Waals surface area (Å²) in [5.74, 6) is 6.48. The molecule has 1 saturated carbocycles. The molecule has 2 aromatic carbocycles. The molecule has 2 fully saturated rings. The van der Waals surface area contributed by atoms with Crippen LogP contribution in [0.15, 0.2) is 48.5 Å². The number of alkyl carbamates (subject to hydrolysis) is 1. The maximum absolute atomic E-state index is 13.8. The first-order chi connectivity index (χ1) is 20.9. The first-order valence-corrected chi connectivity index (χ1v) is 14.9. The lowest BCUT2D eigenvalue weighted by Crippen LogP contribution is -2.53. The molecular weight excluding hydrogens is 550 g/mol. The number of amides is 3. The van der Waals surface area contributed by atoms with Gasteiger partial charge in [0.15, 0.2) is 6.10 Å². The first-order valence-electron chi connectivity index (χ1n) is 14.9. The summed E-state index contributed by atoms with van der Waals surface area (Å²) in [6.07, 6.45) is 1.87. The lowest BCUT2D eigenvalue weighted by molar-refractivity contribution is -0.151. The Bertz CT molecular complexity index is 1300. The average Bonchev–Trinajstić information content (AvgIpc) is 3.88. The van der Waals surface area contributed by atoms with Crippen LogP contribution in [0.5, 0.6) is 5.75 Å². The van der Waals surface area contributed by atoms with Crippen molar-refractivity contribution in [3.05, 3.63) is 65.2 Å². The SMILES string of the molecule is CCCCOC(=O)N1CCO[C@@H](C(=O)N(C2CC2)C(C)c2ccc(OC)c(C#CCNC(=O)OCc3ccccc3)c2)C1. The molecule has 1 heterocycles. The largest absolute Gasteiger partial charge is 0.495 e. The minimum atomic E-state index is -0.749. The lowest BCUT2D eigenvalue weighted by Gasteiger charge is -2.37. The number of hydrogen-bond acceptors (Lipinski definition) is 7. The van der Waals surface area contributed by atoms with Gasteiger partial charge in [0.2, 0.25) is 0 Å². The van der Waals surface area contributed by atoms with E-state index in [2.05, 4.69) is 17.2 Å². The van der Waals surface area contributed by atoms with Crippen LogP contribution in [0.25, 0.3) is 0 Å². The second-order valence-corrected chi connectivity index (χ2v) is 10.6. The summed E-state index contributed by atoms with van der Waals surface area (Å²) in [5, 5.41) is 2.64. The second-order valence-electron chi connectivity index (χ2n) is 10.6. The molecule has 1 saturated heterocycles. The molecule has 2 atom stereocenters. The topological polar surface area (TPSA) is 107 Å². The van der Waals surface area contributed by atoms with Gasteiger partial charge in [-0.25, -0.2) is 9.59 Å². The third kappa shape index (κ3) is 9.13. The zero-order valence-corrected chi connectivity index (χ0v) is 25.2. The zero-order valence-electron chi connectivity index (χ0n) is 25.2. The normalized spacial score (nSPS) is 16.7. The third-order valence-corrected chi connectivity index (χ3v) is 7.40. The fourth-order valence-electron chi connectivity index (χ4n) is 4.84. The van der Waals surface area contributed by atoms with Crippen LogP contribution in [0.1, 0.15) is 62.3 Å². The molecule has 10 nitrogen and oxygen atoms in total. The molecule has 1 aliphatic heterocycles. The number of nitrogens with one attached hydrogen (secondary N) is 1. The summed E-state index contributed by atoms with van der Waals surface area (Å²) in [4.78, 5) is 41.8. The molecule has 2 aromatic rings. The van der Waals surface area contributed by atoms with Crippen LogP contribution in [0.2, 0.25) is 0 Å². The summed E-state index contributed by atoms with van der Waals surface area (Å²) in [7, 11) is 1.57. The highest BCUT2D eigenvalue weighted by molar-refractivity contribution is 5.83. The Kier molecular flexibility index (Phi) is 11.7. The van der Waals surface area contributed by atoms with Crippen molar-refractivity contribution in [2.75, 3.05) is 40.0 Å². The van der Waals surface area contributed by atoms with Gasteiger partial charge in [-0.05, 0) is 49.4 Å². The maximum atomic E-state index is 13.8. The van der Waals surface area contributed by atoms with Crippen molar-refractivity contribution in [1.82, 2.24) is 15.1 Å². The van der Waals surface area contributed by atoms with Gasteiger partial charge in [-0.3, -0.25) is 4.79 Å². The number of benzene rings is 2. The van der Waals surface area contributed by atoms with E-state index in [-0.39, 0.29) is 44.3 Å².